The van der Waals surface area contributed by atoms with E-state index in [1.165, 1.54) is 0 Å². The van der Waals surface area contributed by atoms with Crippen molar-refractivity contribution in [1.82, 2.24) is 4.90 Å². The molecule has 3 unspecified atom stereocenters. The van der Waals surface area contributed by atoms with Crippen molar-refractivity contribution >= 4 is 11.9 Å². The quantitative estimate of drug-likeness (QED) is 0.772. The molecule has 3 atom stereocenters. The van der Waals surface area contributed by atoms with Crippen LogP contribution >= 0.6 is 0 Å². The highest BCUT2D eigenvalue weighted by Gasteiger charge is 2.71. The zero-order valence-electron chi connectivity index (χ0n) is 12.7. The molecule has 1 amide bonds. The largest absolute Gasteiger partial charge is 0.481 e. The Hall–Kier alpha value is -1.14. The van der Waals surface area contributed by atoms with Gasteiger partial charge in [0.05, 0.1) is 12.0 Å². The van der Waals surface area contributed by atoms with E-state index in [2.05, 4.69) is 0 Å². The zero-order valence-corrected chi connectivity index (χ0v) is 12.7. The summed E-state index contributed by atoms with van der Waals surface area (Å²) in [6, 6.07) is 0. The van der Waals surface area contributed by atoms with Gasteiger partial charge in [-0.25, -0.2) is 0 Å². The molecule has 0 radical (unpaired) electrons. The lowest BCUT2D eigenvalue weighted by Gasteiger charge is -2.61. The minimum absolute atomic E-state index is 0.0249. The molecule has 1 saturated carbocycles. The first kappa shape index (κ1) is 14.8. The molecule has 3 rings (SSSR count). The van der Waals surface area contributed by atoms with Gasteiger partial charge in [-0.2, -0.15) is 0 Å². The van der Waals surface area contributed by atoms with Gasteiger partial charge in [-0.1, -0.05) is 13.8 Å². The molecule has 6 nitrogen and oxygen atoms in total. The van der Waals surface area contributed by atoms with Crippen LogP contribution in [0.5, 0.6) is 0 Å². The maximum atomic E-state index is 12.9. The predicted octanol–water partition coefficient (Wildman–Crippen LogP) is 0.452. The van der Waals surface area contributed by atoms with E-state index < -0.39 is 11.5 Å². The Morgan fingerprint density at radius 2 is 1.86 bits per heavy atom. The number of rotatable bonds is 2. The number of hydrogen-bond acceptors (Lipinski definition) is 4. The van der Waals surface area contributed by atoms with Crippen LogP contribution in [0.3, 0.4) is 0 Å². The summed E-state index contributed by atoms with van der Waals surface area (Å²) < 4.78 is 5.72. The van der Waals surface area contributed by atoms with E-state index in [9.17, 15) is 9.59 Å². The number of fused-ring (bicyclic) bond motifs is 1. The summed E-state index contributed by atoms with van der Waals surface area (Å²) in [6.07, 6.45) is 1.94. The lowest BCUT2D eigenvalue weighted by atomic mass is 9.47. The highest BCUT2D eigenvalue weighted by atomic mass is 16.5. The zero-order chi connectivity index (χ0) is 15.4. The van der Waals surface area contributed by atoms with Crippen LogP contribution < -0.4 is 5.73 Å². The van der Waals surface area contributed by atoms with Crippen molar-refractivity contribution < 1.29 is 19.4 Å². The molecule has 118 valence electrons. The Kier molecular flexibility index (Phi) is 3.29. The summed E-state index contributed by atoms with van der Waals surface area (Å²) in [5.41, 5.74) is 5.31. The average Bonchev–Trinajstić information content (AvgIpc) is 2.94. The average molecular weight is 296 g/mol. The summed E-state index contributed by atoms with van der Waals surface area (Å²) in [4.78, 5) is 25.7. The van der Waals surface area contributed by atoms with Crippen LogP contribution in [-0.2, 0) is 14.3 Å². The first-order valence-corrected chi connectivity index (χ1v) is 7.73. The van der Waals surface area contributed by atoms with E-state index in [0.717, 1.165) is 6.42 Å². The van der Waals surface area contributed by atoms with Crippen molar-refractivity contribution in [3.8, 4) is 0 Å². The Balaban J connectivity index is 1.72. The number of carboxylic acids is 1. The van der Waals surface area contributed by atoms with Gasteiger partial charge >= 0.3 is 5.97 Å². The summed E-state index contributed by atoms with van der Waals surface area (Å²) >= 11 is 0. The van der Waals surface area contributed by atoms with Crippen molar-refractivity contribution in [2.75, 3.05) is 19.7 Å². The molecule has 2 aliphatic heterocycles. The number of ether oxygens (including phenoxy) is 1. The number of amides is 1. The fourth-order valence-corrected chi connectivity index (χ4v) is 4.41. The second-order valence-corrected chi connectivity index (χ2v) is 7.18. The van der Waals surface area contributed by atoms with Crippen LogP contribution in [0.2, 0.25) is 0 Å². The van der Waals surface area contributed by atoms with Gasteiger partial charge in [-0.15, -0.1) is 0 Å². The van der Waals surface area contributed by atoms with Gasteiger partial charge in [0.1, 0.15) is 5.54 Å². The van der Waals surface area contributed by atoms with Crippen molar-refractivity contribution in [3.63, 3.8) is 0 Å². The lowest BCUT2D eigenvalue weighted by Crippen LogP contribution is -2.80. The molecule has 3 fully saturated rings. The van der Waals surface area contributed by atoms with Gasteiger partial charge in [0, 0.05) is 31.0 Å². The van der Waals surface area contributed by atoms with E-state index in [1.807, 2.05) is 13.8 Å². The van der Waals surface area contributed by atoms with Crippen LogP contribution in [-0.4, -0.2) is 53.2 Å². The maximum Gasteiger partial charge on any atom is 0.306 e. The van der Waals surface area contributed by atoms with Crippen molar-refractivity contribution in [3.05, 3.63) is 0 Å². The molecule has 1 aliphatic carbocycles. The molecule has 0 aromatic heterocycles. The van der Waals surface area contributed by atoms with Gasteiger partial charge in [-0.05, 0) is 19.3 Å². The summed E-state index contributed by atoms with van der Waals surface area (Å²) in [5, 5.41) is 9.04. The second-order valence-electron chi connectivity index (χ2n) is 7.18. The normalized spacial score (nSPS) is 38.7. The summed E-state index contributed by atoms with van der Waals surface area (Å²) in [6.45, 7) is 5.65. The van der Waals surface area contributed by atoms with Gasteiger partial charge < -0.3 is 20.5 Å². The third-order valence-electron chi connectivity index (χ3n) is 5.94. The number of carboxylic acid groups (broad SMARTS) is 1. The highest BCUT2D eigenvalue weighted by molar-refractivity contribution is 5.90. The topological polar surface area (TPSA) is 92.9 Å². The van der Waals surface area contributed by atoms with Gasteiger partial charge in [0.2, 0.25) is 5.91 Å². The Morgan fingerprint density at radius 1 is 1.24 bits per heavy atom. The molecular weight excluding hydrogens is 272 g/mol. The van der Waals surface area contributed by atoms with E-state index in [1.54, 1.807) is 4.90 Å². The number of nitrogens with two attached hydrogens (primary N) is 1. The highest BCUT2D eigenvalue weighted by Crippen LogP contribution is 2.58. The standard InChI is InChI=1S/C15H24N2O4/c1-14(2)11-10(5-8-21-11)15(14,16)13(20)17-6-3-9(4-7-17)12(18)19/h9-11H,3-8,16H2,1-2H3,(H,18,19). The molecule has 3 N–H and O–H groups in total. The first-order chi connectivity index (χ1) is 9.80. The Morgan fingerprint density at radius 3 is 2.43 bits per heavy atom. The molecule has 3 aliphatic rings. The van der Waals surface area contributed by atoms with Crippen LogP contribution in [0.1, 0.15) is 33.1 Å². The van der Waals surface area contributed by atoms with Gasteiger partial charge in [0.25, 0.3) is 0 Å². The van der Waals surface area contributed by atoms with E-state index in [4.69, 9.17) is 15.6 Å². The predicted molar refractivity (Wildman–Crippen MR) is 75.5 cm³/mol. The molecule has 0 bridgehead atoms. The third-order valence-corrected chi connectivity index (χ3v) is 5.94. The number of piperidine rings is 1. The molecule has 0 spiro atoms. The Labute approximate surface area is 124 Å². The van der Waals surface area contributed by atoms with Crippen molar-refractivity contribution in [2.24, 2.45) is 23.0 Å². The number of carbonyl (C=O) groups excluding carboxylic acids is 1. The number of carbonyl (C=O) groups is 2. The van der Waals surface area contributed by atoms with Crippen LogP contribution in [0.25, 0.3) is 0 Å². The fourth-order valence-electron chi connectivity index (χ4n) is 4.41. The van der Waals surface area contributed by atoms with Gasteiger partial charge in [-0.3, -0.25) is 9.59 Å². The van der Waals surface area contributed by atoms with E-state index >= 15 is 0 Å². The summed E-state index contributed by atoms with van der Waals surface area (Å²) in [7, 11) is 0. The minimum Gasteiger partial charge on any atom is -0.481 e. The second kappa shape index (κ2) is 4.68. The van der Waals surface area contributed by atoms with Gasteiger partial charge in [0.15, 0.2) is 0 Å². The van der Waals surface area contributed by atoms with Crippen LogP contribution in [0.4, 0.5) is 0 Å². The SMILES string of the molecule is CC1(C)C2OCCC2C1(N)C(=O)N1CCC(C(=O)O)CC1. The fraction of sp³-hybridized carbons (Fsp3) is 0.867. The number of likely N-dealkylation sites (tertiary alicyclic amines) is 1. The third kappa shape index (κ3) is 1.85. The number of hydrogen-bond donors (Lipinski definition) is 2. The van der Waals surface area contributed by atoms with E-state index in [0.29, 0.717) is 32.5 Å². The molecular formula is C15H24N2O4. The molecule has 21 heavy (non-hydrogen) atoms. The summed E-state index contributed by atoms with van der Waals surface area (Å²) in [5.74, 6) is -1.03. The van der Waals surface area contributed by atoms with E-state index in [-0.39, 0.29) is 29.3 Å². The molecule has 2 heterocycles. The molecule has 6 heteroatoms. The number of aliphatic carboxylic acids is 1. The molecule has 0 aromatic carbocycles. The van der Waals surface area contributed by atoms with Crippen molar-refractivity contribution in [1.29, 1.82) is 0 Å². The lowest BCUT2D eigenvalue weighted by molar-refractivity contribution is -0.185. The number of nitrogens with zero attached hydrogens (tertiary/aromatic N) is 1. The molecule has 2 saturated heterocycles. The maximum absolute atomic E-state index is 12.9. The van der Waals surface area contributed by atoms with Crippen LogP contribution in [0.15, 0.2) is 0 Å². The van der Waals surface area contributed by atoms with Crippen LogP contribution in [0, 0.1) is 17.3 Å². The van der Waals surface area contributed by atoms with Crippen molar-refractivity contribution in [2.45, 2.75) is 44.8 Å². The monoisotopic (exact) mass is 296 g/mol. The molecule has 0 aromatic rings. The smallest absolute Gasteiger partial charge is 0.306 e. The Bertz CT molecular complexity index is 470. The first-order valence-electron chi connectivity index (χ1n) is 7.73. The minimum atomic E-state index is -0.871.